The van der Waals surface area contributed by atoms with Crippen LogP contribution in [0.2, 0.25) is 0 Å². The third-order valence-electron chi connectivity index (χ3n) is 3.54. The molecule has 10 heteroatoms. The van der Waals surface area contributed by atoms with Gasteiger partial charge < -0.3 is 4.57 Å². The van der Waals surface area contributed by atoms with E-state index in [0.29, 0.717) is 30.6 Å². The predicted octanol–water partition coefficient (Wildman–Crippen LogP) is 0.753. The standard InChI is InChI=1S/C13H19N4O5P/c1-3-6-16-9-14-11-10(16)12(18)17(13(19)15(11)2)7-4-5-8-22-23(20)21/h9H,3-8H2,1-2H3/p+1. The Morgan fingerprint density at radius 2 is 2.04 bits per heavy atom. The smallest absolute Gasteiger partial charge is 0.325 e. The van der Waals surface area contributed by atoms with Gasteiger partial charge in [0.15, 0.2) is 11.2 Å². The lowest BCUT2D eigenvalue weighted by Crippen LogP contribution is -2.39. The SMILES string of the molecule is CCCn1cnc2c1c(=O)n(CCCCO[P+](=O)O)c(=O)n2C. The first kappa shape index (κ1) is 17.5. The van der Waals surface area contributed by atoms with Crippen molar-refractivity contribution in [3.8, 4) is 0 Å². The Morgan fingerprint density at radius 3 is 2.70 bits per heavy atom. The summed E-state index contributed by atoms with van der Waals surface area (Å²) in [6.45, 7) is 2.99. The number of imidazole rings is 1. The van der Waals surface area contributed by atoms with Gasteiger partial charge in [-0.15, -0.1) is 9.42 Å². The van der Waals surface area contributed by atoms with Crippen LogP contribution in [0.3, 0.4) is 0 Å². The fourth-order valence-electron chi connectivity index (χ4n) is 2.44. The molecule has 2 heterocycles. The molecule has 0 radical (unpaired) electrons. The topological polar surface area (TPSA) is 108 Å². The highest BCUT2D eigenvalue weighted by Gasteiger charge is 2.16. The summed E-state index contributed by atoms with van der Waals surface area (Å²) < 4.78 is 19.3. The number of aryl methyl sites for hydroxylation is 2. The number of hydrogen-bond acceptors (Lipinski definition) is 5. The zero-order valence-corrected chi connectivity index (χ0v) is 14.0. The third-order valence-corrected chi connectivity index (χ3v) is 3.95. The van der Waals surface area contributed by atoms with Crippen LogP contribution in [0.5, 0.6) is 0 Å². The maximum atomic E-state index is 12.6. The van der Waals surface area contributed by atoms with Crippen LogP contribution >= 0.6 is 8.25 Å². The number of unbranched alkanes of at least 4 members (excludes halogenated alkanes) is 1. The molecule has 0 saturated heterocycles. The Morgan fingerprint density at radius 1 is 1.30 bits per heavy atom. The second-order valence-corrected chi connectivity index (χ2v) is 5.92. The maximum absolute atomic E-state index is 12.6. The molecule has 23 heavy (non-hydrogen) atoms. The van der Waals surface area contributed by atoms with Crippen molar-refractivity contribution < 1.29 is 14.0 Å². The van der Waals surface area contributed by atoms with Gasteiger partial charge in [-0.05, 0) is 19.3 Å². The van der Waals surface area contributed by atoms with Crippen molar-refractivity contribution >= 4 is 19.4 Å². The molecule has 1 atom stereocenters. The van der Waals surface area contributed by atoms with Gasteiger partial charge in [0.2, 0.25) is 0 Å². The van der Waals surface area contributed by atoms with E-state index in [1.54, 1.807) is 17.9 Å². The van der Waals surface area contributed by atoms with Crippen LogP contribution in [0.4, 0.5) is 0 Å². The normalized spacial score (nSPS) is 12.0. The summed E-state index contributed by atoms with van der Waals surface area (Å²) in [5.74, 6) is 0. The molecule has 0 aliphatic rings. The van der Waals surface area contributed by atoms with Gasteiger partial charge in [0.05, 0.1) is 6.33 Å². The molecule has 0 aromatic carbocycles. The van der Waals surface area contributed by atoms with Crippen molar-refractivity contribution in [2.75, 3.05) is 6.61 Å². The number of nitrogens with zero attached hydrogens (tertiary/aromatic N) is 4. The summed E-state index contributed by atoms with van der Waals surface area (Å²) in [5.41, 5.74) is 0.0237. The molecule has 126 valence electrons. The molecule has 0 fully saturated rings. The largest absolute Gasteiger partial charge is 0.694 e. The molecular weight excluding hydrogens is 323 g/mol. The number of rotatable bonds is 8. The molecule has 2 aromatic heterocycles. The summed E-state index contributed by atoms with van der Waals surface area (Å²) in [6, 6.07) is 0. The fraction of sp³-hybridized carbons (Fsp3) is 0.615. The highest BCUT2D eigenvalue weighted by molar-refractivity contribution is 7.32. The second-order valence-electron chi connectivity index (χ2n) is 5.19. The first-order chi connectivity index (χ1) is 11.0. The molecule has 1 unspecified atom stereocenters. The molecule has 2 rings (SSSR count). The van der Waals surface area contributed by atoms with E-state index in [1.807, 2.05) is 6.92 Å². The van der Waals surface area contributed by atoms with Crippen molar-refractivity contribution in [1.29, 1.82) is 0 Å². The monoisotopic (exact) mass is 343 g/mol. The lowest BCUT2D eigenvalue weighted by molar-refractivity contribution is 0.272. The zero-order valence-electron chi connectivity index (χ0n) is 13.1. The Kier molecular flexibility index (Phi) is 5.81. The first-order valence-corrected chi connectivity index (χ1v) is 8.54. The Hall–Kier alpha value is -1.83. The van der Waals surface area contributed by atoms with Gasteiger partial charge in [-0.2, -0.15) is 0 Å². The molecule has 2 aromatic rings. The minimum Gasteiger partial charge on any atom is -0.325 e. The predicted molar refractivity (Wildman–Crippen MR) is 84.5 cm³/mol. The van der Waals surface area contributed by atoms with E-state index in [2.05, 4.69) is 9.51 Å². The Balaban J connectivity index is 2.29. The van der Waals surface area contributed by atoms with Gasteiger partial charge >= 0.3 is 13.9 Å². The van der Waals surface area contributed by atoms with E-state index in [-0.39, 0.29) is 18.7 Å². The van der Waals surface area contributed by atoms with Gasteiger partial charge in [0.25, 0.3) is 5.56 Å². The average molecular weight is 343 g/mol. The van der Waals surface area contributed by atoms with Crippen LogP contribution in [0, 0.1) is 0 Å². The first-order valence-electron chi connectivity index (χ1n) is 7.41. The number of hydrogen-bond donors (Lipinski definition) is 1. The summed E-state index contributed by atoms with van der Waals surface area (Å²) in [4.78, 5) is 37.6. The van der Waals surface area contributed by atoms with Crippen LogP contribution in [0.15, 0.2) is 15.9 Å². The maximum Gasteiger partial charge on any atom is 0.694 e. The molecule has 0 amide bonds. The summed E-state index contributed by atoms with van der Waals surface area (Å²) in [5, 5.41) is 0. The van der Waals surface area contributed by atoms with Crippen molar-refractivity contribution in [1.82, 2.24) is 18.7 Å². The lowest BCUT2D eigenvalue weighted by atomic mass is 10.3. The minimum atomic E-state index is -2.61. The molecule has 0 aliphatic carbocycles. The van der Waals surface area contributed by atoms with E-state index in [9.17, 15) is 14.2 Å². The quantitative estimate of drug-likeness (QED) is 0.560. The van der Waals surface area contributed by atoms with E-state index in [1.165, 1.54) is 9.13 Å². The third kappa shape index (κ3) is 3.74. The van der Waals surface area contributed by atoms with Crippen LogP contribution < -0.4 is 11.2 Å². The average Bonchev–Trinajstić information content (AvgIpc) is 2.92. The van der Waals surface area contributed by atoms with E-state index < -0.39 is 13.9 Å². The molecule has 9 nitrogen and oxygen atoms in total. The van der Waals surface area contributed by atoms with Crippen LogP contribution in [-0.2, 0) is 29.2 Å². The minimum absolute atomic E-state index is 0.108. The van der Waals surface area contributed by atoms with Crippen LogP contribution in [0.25, 0.3) is 11.2 Å². The van der Waals surface area contributed by atoms with Crippen LogP contribution in [-0.4, -0.2) is 30.2 Å². The second kappa shape index (κ2) is 7.63. The number of aromatic nitrogens is 4. The number of fused-ring (bicyclic) bond motifs is 1. The molecule has 0 spiro atoms. The van der Waals surface area contributed by atoms with Crippen molar-refractivity contribution in [3.63, 3.8) is 0 Å². The fourth-order valence-corrected chi connectivity index (χ4v) is 2.73. The molecule has 0 saturated carbocycles. The summed E-state index contributed by atoms with van der Waals surface area (Å²) >= 11 is 0. The van der Waals surface area contributed by atoms with E-state index in [0.717, 1.165) is 6.42 Å². The molecule has 0 aliphatic heterocycles. The van der Waals surface area contributed by atoms with E-state index >= 15 is 0 Å². The van der Waals surface area contributed by atoms with E-state index in [4.69, 9.17) is 4.89 Å². The lowest BCUT2D eigenvalue weighted by Gasteiger charge is -2.09. The van der Waals surface area contributed by atoms with Gasteiger partial charge in [-0.25, -0.2) is 9.78 Å². The van der Waals surface area contributed by atoms with Crippen molar-refractivity contribution in [2.24, 2.45) is 7.05 Å². The summed E-state index contributed by atoms with van der Waals surface area (Å²) in [7, 11) is -1.02. The van der Waals surface area contributed by atoms with Crippen molar-refractivity contribution in [3.05, 3.63) is 27.2 Å². The highest BCUT2D eigenvalue weighted by atomic mass is 31.1. The zero-order chi connectivity index (χ0) is 17.0. The molecular formula is C13H20N4O5P+. The van der Waals surface area contributed by atoms with Gasteiger partial charge in [-0.1, -0.05) is 6.92 Å². The molecule has 1 N–H and O–H groups in total. The summed E-state index contributed by atoms with van der Waals surface area (Å²) in [6.07, 6.45) is 3.39. The molecule has 0 bridgehead atoms. The Bertz CT molecular complexity index is 822. The highest BCUT2D eigenvalue weighted by Crippen LogP contribution is 2.14. The van der Waals surface area contributed by atoms with Crippen LogP contribution in [0.1, 0.15) is 26.2 Å². The van der Waals surface area contributed by atoms with Crippen molar-refractivity contribution in [2.45, 2.75) is 39.3 Å². The van der Waals surface area contributed by atoms with Gasteiger partial charge in [0.1, 0.15) is 6.61 Å². The van der Waals surface area contributed by atoms with Gasteiger partial charge in [0, 0.05) is 24.7 Å². The Labute approximate surface area is 133 Å². The van der Waals surface area contributed by atoms with Gasteiger partial charge in [-0.3, -0.25) is 13.9 Å².